The lowest BCUT2D eigenvalue weighted by Crippen LogP contribution is -2.11. The number of aromatic nitrogens is 1. The fourth-order valence-electron chi connectivity index (χ4n) is 3.66. The van der Waals surface area contributed by atoms with E-state index in [1.54, 1.807) is 11.9 Å². The fourth-order valence-corrected chi connectivity index (χ4v) is 6.13. The second-order valence-corrected chi connectivity index (χ2v) is 9.56. The normalized spacial score (nSPS) is 17.4. The van der Waals surface area contributed by atoms with Gasteiger partial charge in [-0.1, -0.05) is 67.2 Å². The van der Waals surface area contributed by atoms with E-state index in [2.05, 4.69) is 35.5 Å². The maximum Gasteiger partial charge on any atom is 0.195 e. The van der Waals surface area contributed by atoms with Crippen molar-refractivity contribution < 1.29 is 4.79 Å². The molecule has 6 heteroatoms. The van der Waals surface area contributed by atoms with Crippen molar-refractivity contribution >= 4 is 46.7 Å². The molecule has 4 nitrogen and oxygen atoms in total. The predicted octanol–water partition coefficient (Wildman–Crippen LogP) is 5.73. The molecule has 4 rings (SSSR count). The molecule has 28 heavy (non-hydrogen) atoms. The minimum atomic E-state index is 0.0842. The van der Waals surface area contributed by atoms with Gasteiger partial charge in [-0.2, -0.15) is 0 Å². The van der Waals surface area contributed by atoms with Crippen molar-refractivity contribution in [3.05, 3.63) is 71.4 Å². The van der Waals surface area contributed by atoms with Gasteiger partial charge in [0.1, 0.15) is 0 Å². The van der Waals surface area contributed by atoms with Gasteiger partial charge in [0.25, 0.3) is 0 Å². The third-order valence-corrected chi connectivity index (χ3v) is 7.47. The molecule has 0 N–H and O–H groups in total. The van der Waals surface area contributed by atoms with E-state index in [1.165, 1.54) is 0 Å². The lowest BCUT2D eigenvalue weighted by Gasteiger charge is -2.22. The van der Waals surface area contributed by atoms with E-state index in [0.29, 0.717) is 0 Å². The largest absolute Gasteiger partial charge is 0.332 e. The summed E-state index contributed by atoms with van der Waals surface area (Å²) in [6.07, 6.45) is 2.83. The molecule has 0 spiro atoms. The maximum atomic E-state index is 13.3. The Morgan fingerprint density at radius 1 is 1.18 bits per heavy atom. The SMILES string of the molecule is CCC(SC1N=CN(C)S1)n1c(C)c(C(=O)c2ccccc2)c2ccccc21. The van der Waals surface area contributed by atoms with E-state index < -0.39 is 0 Å². The first-order valence-corrected chi connectivity index (χ1v) is 11.2. The van der Waals surface area contributed by atoms with Gasteiger partial charge >= 0.3 is 0 Å². The zero-order valence-electron chi connectivity index (χ0n) is 16.2. The minimum absolute atomic E-state index is 0.0842. The average molecular weight is 410 g/mol. The smallest absolute Gasteiger partial charge is 0.195 e. The second-order valence-electron chi connectivity index (χ2n) is 6.76. The Balaban J connectivity index is 1.80. The van der Waals surface area contributed by atoms with Crippen LogP contribution in [0.15, 0.2) is 59.6 Å². The minimum Gasteiger partial charge on any atom is -0.332 e. The Bertz CT molecular complexity index is 1030. The van der Waals surface area contributed by atoms with Crippen LogP contribution >= 0.6 is 23.7 Å². The highest BCUT2D eigenvalue weighted by atomic mass is 32.2. The molecule has 0 saturated carbocycles. The Hall–Kier alpha value is -2.18. The summed E-state index contributed by atoms with van der Waals surface area (Å²) in [6.45, 7) is 4.26. The summed E-state index contributed by atoms with van der Waals surface area (Å²) in [5.74, 6) is 0.0842. The van der Waals surface area contributed by atoms with Gasteiger partial charge in [0, 0.05) is 29.2 Å². The molecule has 1 aromatic heterocycles. The summed E-state index contributed by atoms with van der Waals surface area (Å²) in [5, 5.41) is 1.23. The molecule has 2 aromatic carbocycles. The van der Waals surface area contributed by atoms with Crippen molar-refractivity contribution in [1.82, 2.24) is 8.87 Å². The molecule has 2 atom stereocenters. The van der Waals surface area contributed by atoms with Gasteiger partial charge in [-0.05, 0) is 31.4 Å². The van der Waals surface area contributed by atoms with Crippen LogP contribution in [0.3, 0.4) is 0 Å². The van der Waals surface area contributed by atoms with E-state index in [4.69, 9.17) is 0 Å². The zero-order chi connectivity index (χ0) is 19.7. The summed E-state index contributed by atoms with van der Waals surface area (Å²) in [7, 11) is 2.02. The number of fused-ring (bicyclic) bond motifs is 1. The molecular formula is C22H23N3OS2. The number of carbonyl (C=O) groups is 1. The molecule has 1 aliphatic heterocycles. The number of nitrogens with zero attached hydrogens (tertiary/aromatic N) is 3. The highest BCUT2D eigenvalue weighted by Gasteiger charge is 2.27. The number of thioether (sulfide) groups is 1. The van der Waals surface area contributed by atoms with Crippen LogP contribution in [0.5, 0.6) is 0 Å². The summed E-state index contributed by atoms with van der Waals surface area (Å²) in [4.78, 5) is 17.9. The van der Waals surface area contributed by atoms with E-state index in [-0.39, 0.29) is 15.9 Å². The van der Waals surface area contributed by atoms with Gasteiger partial charge < -0.3 is 8.87 Å². The van der Waals surface area contributed by atoms with Crippen LogP contribution in [-0.4, -0.2) is 32.7 Å². The van der Waals surface area contributed by atoms with Gasteiger partial charge in [0.05, 0.1) is 17.3 Å². The van der Waals surface area contributed by atoms with Crippen LogP contribution < -0.4 is 0 Å². The highest BCUT2D eigenvalue weighted by Crippen LogP contribution is 2.42. The summed E-state index contributed by atoms with van der Waals surface area (Å²) < 4.78 is 4.50. The molecule has 0 fully saturated rings. The number of hydrogen-bond donors (Lipinski definition) is 0. The maximum absolute atomic E-state index is 13.3. The molecule has 2 unspecified atom stereocenters. The van der Waals surface area contributed by atoms with Gasteiger partial charge in [-0.3, -0.25) is 4.79 Å². The Morgan fingerprint density at radius 2 is 1.89 bits per heavy atom. The predicted molar refractivity (Wildman–Crippen MR) is 121 cm³/mol. The van der Waals surface area contributed by atoms with E-state index in [0.717, 1.165) is 34.1 Å². The molecule has 0 bridgehead atoms. The van der Waals surface area contributed by atoms with Crippen LogP contribution in [0.2, 0.25) is 0 Å². The van der Waals surface area contributed by atoms with Crippen LogP contribution in [0.4, 0.5) is 0 Å². The molecule has 0 aliphatic carbocycles. The Morgan fingerprint density at radius 3 is 2.57 bits per heavy atom. The molecule has 144 valence electrons. The number of para-hydroxylation sites is 1. The number of ketones is 1. The second kappa shape index (κ2) is 8.05. The third-order valence-electron chi connectivity index (χ3n) is 4.94. The lowest BCUT2D eigenvalue weighted by atomic mass is 10.0. The van der Waals surface area contributed by atoms with Crippen molar-refractivity contribution in [3.8, 4) is 0 Å². The summed E-state index contributed by atoms with van der Waals surface area (Å²) in [5.41, 5.74) is 3.67. The van der Waals surface area contributed by atoms with Gasteiger partial charge in [0.2, 0.25) is 0 Å². The molecular weight excluding hydrogens is 386 g/mol. The first-order valence-electron chi connectivity index (χ1n) is 9.37. The lowest BCUT2D eigenvalue weighted by molar-refractivity contribution is 0.103. The third kappa shape index (κ3) is 3.47. The van der Waals surface area contributed by atoms with Gasteiger partial charge in [0.15, 0.2) is 10.5 Å². The quantitative estimate of drug-likeness (QED) is 0.385. The van der Waals surface area contributed by atoms with Crippen molar-refractivity contribution in [3.63, 3.8) is 0 Å². The number of carbonyl (C=O) groups excluding carboxylic acids is 1. The number of rotatable bonds is 6. The van der Waals surface area contributed by atoms with Crippen LogP contribution in [0.1, 0.15) is 40.3 Å². The topological polar surface area (TPSA) is 37.6 Å². The van der Waals surface area contributed by atoms with Crippen LogP contribution in [0, 0.1) is 6.92 Å². The van der Waals surface area contributed by atoms with Crippen molar-refractivity contribution in [2.45, 2.75) is 30.3 Å². The van der Waals surface area contributed by atoms with Gasteiger partial charge in [-0.25, -0.2) is 4.99 Å². The first kappa shape index (κ1) is 19.2. The standard InChI is InChI=1S/C22H23N3OS2/c1-4-19(27-22-23-14-24(3)28-22)25-15(2)20(17-12-8-9-13-18(17)25)21(26)16-10-6-5-7-11-16/h5-14,19,22H,4H2,1-3H3. The van der Waals surface area contributed by atoms with Crippen molar-refractivity contribution in [2.75, 3.05) is 7.05 Å². The molecule has 0 saturated heterocycles. The number of hydrogen-bond acceptors (Lipinski definition) is 5. The molecule has 2 heterocycles. The van der Waals surface area contributed by atoms with Crippen LogP contribution in [-0.2, 0) is 0 Å². The number of benzene rings is 2. The molecule has 3 aromatic rings. The average Bonchev–Trinajstić information content (AvgIpc) is 3.26. The molecule has 1 aliphatic rings. The Kier molecular flexibility index (Phi) is 5.51. The molecule has 0 amide bonds. The first-order chi connectivity index (χ1) is 13.6. The van der Waals surface area contributed by atoms with E-state index in [9.17, 15) is 4.79 Å². The van der Waals surface area contributed by atoms with Crippen molar-refractivity contribution in [2.24, 2.45) is 4.99 Å². The Labute approximate surface area is 174 Å². The van der Waals surface area contributed by atoms with Crippen molar-refractivity contribution in [1.29, 1.82) is 0 Å². The highest BCUT2D eigenvalue weighted by molar-refractivity contribution is 8.16. The number of aliphatic imine (C=N–C) groups is 1. The van der Waals surface area contributed by atoms with E-state index in [1.807, 2.05) is 71.9 Å². The van der Waals surface area contributed by atoms with Crippen LogP contribution in [0.25, 0.3) is 10.9 Å². The fraction of sp³-hybridized carbons (Fsp3) is 0.273. The summed E-state index contributed by atoms with van der Waals surface area (Å²) in [6, 6.07) is 17.8. The monoisotopic (exact) mass is 409 g/mol. The van der Waals surface area contributed by atoms with Gasteiger partial charge in [-0.15, -0.1) is 0 Å². The van der Waals surface area contributed by atoms with E-state index >= 15 is 0 Å². The summed E-state index contributed by atoms with van der Waals surface area (Å²) >= 11 is 3.55. The molecule has 0 radical (unpaired) electrons. The zero-order valence-corrected chi connectivity index (χ0v) is 17.8.